The molecule has 0 aromatic heterocycles. The largest absolute Gasteiger partial charge is 0.367 e. The van der Waals surface area contributed by atoms with Crippen LogP contribution in [0.5, 0.6) is 0 Å². The van der Waals surface area contributed by atoms with Gasteiger partial charge in [0, 0.05) is 18.3 Å². The van der Waals surface area contributed by atoms with E-state index in [0.717, 1.165) is 16.8 Å². The first-order valence-electron chi connectivity index (χ1n) is 6.67. The summed E-state index contributed by atoms with van der Waals surface area (Å²) in [6.45, 7) is 4.06. The predicted molar refractivity (Wildman–Crippen MR) is 80.2 cm³/mol. The smallest absolute Gasteiger partial charge is 0.163 e. The number of rotatable bonds is 4. The Kier molecular flexibility index (Phi) is 3.91. The predicted octanol–water partition coefficient (Wildman–Crippen LogP) is 3.69. The fourth-order valence-electron chi connectivity index (χ4n) is 2.48. The van der Waals surface area contributed by atoms with E-state index in [9.17, 15) is 5.11 Å². The van der Waals surface area contributed by atoms with Crippen LogP contribution in [-0.4, -0.2) is 12.2 Å². The van der Waals surface area contributed by atoms with Crippen molar-refractivity contribution in [1.29, 1.82) is 0 Å². The van der Waals surface area contributed by atoms with Gasteiger partial charge >= 0.3 is 0 Å². The lowest BCUT2D eigenvalue weighted by molar-refractivity contribution is 0.0335. The van der Waals surface area contributed by atoms with Crippen molar-refractivity contribution in [3.05, 3.63) is 65.7 Å². The average molecular weight is 255 g/mol. The molecule has 0 aliphatic rings. The maximum atomic E-state index is 11.1. The lowest BCUT2D eigenvalue weighted by Gasteiger charge is -2.39. The molecular weight excluding hydrogens is 234 g/mol. The monoisotopic (exact) mass is 255 g/mol. The number of para-hydroxylation sites is 1. The van der Waals surface area contributed by atoms with Crippen LogP contribution in [0.1, 0.15) is 24.5 Å². The normalized spacial score (nSPS) is 13.9. The number of anilines is 1. The maximum Gasteiger partial charge on any atom is 0.163 e. The number of aliphatic hydroxyl groups is 1. The molecule has 0 bridgehead atoms. The van der Waals surface area contributed by atoms with Gasteiger partial charge in [-0.15, -0.1) is 0 Å². The lowest BCUT2D eigenvalue weighted by Crippen LogP contribution is -2.43. The van der Waals surface area contributed by atoms with Gasteiger partial charge in [-0.3, -0.25) is 0 Å². The first kappa shape index (κ1) is 13.6. The molecule has 2 aromatic rings. The zero-order valence-corrected chi connectivity index (χ0v) is 11.8. The molecule has 0 aliphatic heterocycles. The van der Waals surface area contributed by atoms with Crippen molar-refractivity contribution >= 4 is 5.69 Å². The highest BCUT2D eigenvalue weighted by Gasteiger charge is 2.32. The molecule has 1 N–H and O–H groups in total. The van der Waals surface area contributed by atoms with Gasteiger partial charge in [0.2, 0.25) is 0 Å². The highest BCUT2D eigenvalue weighted by Crippen LogP contribution is 2.33. The SMILES string of the molecule is CCC(O)(c1ccccc1)N(C)c1ccccc1C. The van der Waals surface area contributed by atoms with Crippen LogP contribution in [0.25, 0.3) is 0 Å². The molecule has 1 unspecified atom stereocenters. The van der Waals surface area contributed by atoms with Crippen molar-refractivity contribution in [2.45, 2.75) is 26.0 Å². The fourth-order valence-corrected chi connectivity index (χ4v) is 2.48. The van der Waals surface area contributed by atoms with Gasteiger partial charge in [-0.25, -0.2) is 0 Å². The van der Waals surface area contributed by atoms with Crippen LogP contribution in [-0.2, 0) is 5.72 Å². The molecule has 2 nitrogen and oxygen atoms in total. The van der Waals surface area contributed by atoms with E-state index in [1.807, 2.05) is 67.4 Å². The Labute approximate surface area is 115 Å². The van der Waals surface area contributed by atoms with E-state index in [1.54, 1.807) is 0 Å². The van der Waals surface area contributed by atoms with Crippen LogP contribution in [0.15, 0.2) is 54.6 Å². The van der Waals surface area contributed by atoms with Gasteiger partial charge in [-0.2, -0.15) is 0 Å². The van der Waals surface area contributed by atoms with Crippen LogP contribution >= 0.6 is 0 Å². The van der Waals surface area contributed by atoms with E-state index in [0.29, 0.717) is 6.42 Å². The zero-order chi connectivity index (χ0) is 13.9. The van der Waals surface area contributed by atoms with E-state index in [-0.39, 0.29) is 0 Å². The summed E-state index contributed by atoms with van der Waals surface area (Å²) >= 11 is 0. The molecule has 0 amide bonds. The van der Waals surface area contributed by atoms with E-state index < -0.39 is 5.72 Å². The molecule has 0 fully saturated rings. The molecule has 0 spiro atoms. The van der Waals surface area contributed by atoms with Gasteiger partial charge in [0.15, 0.2) is 5.72 Å². The van der Waals surface area contributed by atoms with Crippen molar-refractivity contribution in [2.24, 2.45) is 0 Å². The first-order valence-corrected chi connectivity index (χ1v) is 6.67. The number of aryl methyl sites for hydroxylation is 1. The van der Waals surface area contributed by atoms with Crippen molar-refractivity contribution in [2.75, 3.05) is 11.9 Å². The van der Waals surface area contributed by atoms with E-state index in [1.165, 1.54) is 0 Å². The van der Waals surface area contributed by atoms with Crippen LogP contribution in [0.2, 0.25) is 0 Å². The Morgan fingerprint density at radius 1 is 1.00 bits per heavy atom. The third kappa shape index (κ3) is 2.49. The summed E-state index contributed by atoms with van der Waals surface area (Å²) in [5.41, 5.74) is 2.15. The van der Waals surface area contributed by atoms with E-state index in [4.69, 9.17) is 0 Å². The Hall–Kier alpha value is -1.80. The first-order chi connectivity index (χ1) is 9.09. The van der Waals surface area contributed by atoms with Gasteiger partial charge in [0.05, 0.1) is 0 Å². The van der Waals surface area contributed by atoms with Crippen LogP contribution in [0.3, 0.4) is 0 Å². The molecule has 0 radical (unpaired) electrons. The van der Waals surface area contributed by atoms with Crippen molar-refractivity contribution < 1.29 is 5.11 Å². The summed E-state index contributed by atoms with van der Waals surface area (Å²) in [6, 6.07) is 17.9. The summed E-state index contributed by atoms with van der Waals surface area (Å²) in [4.78, 5) is 1.96. The molecular formula is C17H21NO. The second-order valence-corrected chi connectivity index (χ2v) is 4.88. The summed E-state index contributed by atoms with van der Waals surface area (Å²) < 4.78 is 0. The molecule has 0 saturated carbocycles. The van der Waals surface area contributed by atoms with Crippen LogP contribution < -0.4 is 4.90 Å². The van der Waals surface area contributed by atoms with Crippen LogP contribution in [0.4, 0.5) is 5.69 Å². The number of hydrogen-bond acceptors (Lipinski definition) is 2. The Morgan fingerprint density at radius 3 is 2.16 bits per heavy atom. The topological polar surface area (TPSA) is 23.5 Å². The van der Waals surface area contributed by atoms with E-state index >= 15 is 0 Å². The average Bonchev–Trinajstić information content (AvgIpc) is 2.47. The summed E-state index contributed by atoms with van der Waals surface area (Å²) in [7, 11) is 1.94. The minimum absolute atomic E-state index is 0.627. The van der Waals surface area contributed by atoms with Gasteiger partial charge in [-0.1, -0.05) is 55.5 Å². The summed E-state index contributed by atoms with van der Waals surface area (Å²) in [5, 5.41) is 11.1. The Bertz CT molecular complexity index is 538. The van der Waals surface area contributed by atoms with E-state index in [2.05, 4.69) is 13.0 Å². The standard InChI is InChI=1S/C17H21NO/c1-4-17(19,15-11-6-5-7-12-15)18(3)16-13-9-8-10-14(16)2/h5-13,19H,4H2,1-3H3. The summed E-state index contributed by atoms with van der Waals surface area (Å²) in [5.74, 6) is 0. The molecule has 2 aromatic carbocycles. The third-order valence-electron chi connectivity index (χ3n) is 3.76. The van der Waals surface area contributed by atoms with Crippen LogP contribution in [0, 0.1) is 6.92 Å². The minimum Gasteiger partial charge on any atom is -0.367 e. The molecule has 2 heteroatoms. The zero-order valence-electron chi connectivity index (χ0n) is 11.8. The molecule has 0 saturated heterocycles. The maximum absolute atomic E-state index is 11.1. The molecule has 0 heterocycles. The van der Waals surface area contributed by atoms with Gasteiger partial charge in [0.1, 0.15) is 0 Å². The highest BCUT2D eigenvalue weighted by atomic mass is 16.3. The number of benzene rings is 2. The molecule has 19 heavy (non-hydrogen) atoms. The van der Waals surface area contributed by atoms with Crippen molar-refractivity contribution in [1.82, 2.24) is 0 Å². The fraction of sp³-hybridized carbons (Fsp3) is 0.294. The number of hydrogen-bond donors (Lipinski definition) is 1. The second kappa shape index (κ2) is 5.45. The quantitative estimate of drug-likeness (QED) is 0.842. The number of nitrogens with zero attached hydrogens (tertiary/aromatic N) is 1. The van der Waals surface area contributed by atoms with Crippen molar-refractivity contribution in [3.8, 4) is 0 Å². The van der Waals surface area contributed by atoms with Gasteiger partial charge in [-0.05, 0) is 25.0 Å². The Morgan fingerprint density at radius 2 is 1.58 bits per heavy atom. The molecule has 100 valence electrons. The molecule has 0 aliphatic carbocycles. The molecule has 2 rings (SSSR count). The second-order valence-electron chi connectivity index (χ2n) is 4.88. The van der Waals surface area contributed by atoms with Crippen molar-refractivity contribution in [3.63, 3.8) is 0 Å². The highest BCUT2D eigenvalue weighted by molar-refractivity contribution is 5.55. The Balaban J connectivity index is 2.45. The lowest BCUT2D eigenvalue weighted by atomic mass is 9.97. The minimum atomic E-state index is -0.979. The third-order valence-corrected chi connectivity index (χ3v) is 3.76. The molecule has 1 atom stereocenters. The van der Waals surface area contributed by atoms with Gasteiger partial charge in [0.25, 0.3) is 0 Å². The van der Waals surface area contributed by atoms with Gasteiger partial charge < -0.3 is 10.0 Å². The summed E-state index contributed by atoms with van der Waals surface area (Å²) in [6.07, 6.45) is 0.627.